The van der Waals surface area contributed by atoms with Crippen LogP contribution in [0.5, 0.6) is 5.75 Å². The molecule has 0 spiro atoms. The van der Waals surface area contributed by atoms with Crippen LogP contribution in [0.1, 0.15) is 16.1 Å². The fourth-order valence-electron chi connectivity index (χ4n) is 2.23. The number of H-pyrrole nitrogens is 1. The van der Waals surface area contributed by atoms with Crippen molar-refractivity contribution >= 4 is 34.5 Å². The molecule has 0 bridgehead atoms. The first-order valence-corrected chi connectivity index (χ1v) is 7.11. The topological polar surface area (TPSA) is 100 Å². The molecular weight excluding hydrogens is 320 g/mol. The first-order valence-electron chi connectivity index (χ1n) is 6.73. The molecule has 2 heterocycles. The Morgan fingerprint density at radius 3 is 2.87 bits per heavy atom. The van der Waals surface area contributed by atoms with Crippen molar-refractivity contribution in [2.24, 2.45) is 7.05 Å². The predicted molar refractivity (Wildman–Crippen MR) is 87.1 cm³/mol. The number of aryl methyl sites for hydroxylation is 1. The highest BCUT2D eigenvalue weighted by atomic mass is 35.5. The summed E-state index contributed by atoms with van der Waals surface area (Å²) < 4.78 is 1.28. The number of halogens is 1. The van der Waals surface area contributed by atoms with Gasteiger partial charge in [0, 0.05) is 23.8 Å². The van der Waals surface area contributed by atoms with Crippen LogP contribution in [0, 0.1) is 6.92 Å². The van der Waals surface area contributed by atoms with Gasteiger partial charge in [0.05, 0.1) is 11.0 Å². The van der Waals surface area contributed by atoms with Gasteiger partial charge in [0.15, 0.2) is 0 Å². The van der Waals surface area contributed by atoms with Crippen LogP contribution < -0.4 is 10.9 Å². The summed E-state index contributed by atoms with van der Waals surface area (Å²) in [4.78, 5) is 31.5. The average molecular weight is 333 g/mol. The molecule has 2 aromatic heterocycles. The van der Waals surface area contributed by atoms with E-state index in [9.17, 15) is 14.7 Å². The minimum atomic E-state index is -0.742. The number of rotatable bonds is 2. The number of hydrogen-bond acceptors (Lipinski definition) is 4. The van der Waals surface area contributed by atoms with Crippen LogP contribution in [0.3, 0.4) is 0 Å². The van der Waals surface area contributed by atoms with Crippen molar-refractivity contribution < 1.29 is 9.90 Å². The molecule has 118 valence electrons. The third-order valence-electron chi connectivity index (χ3n) is 3.55. The first kappa shape index (κ1) is 15.1. The SMILES string of the molecule is Cc1cc(O)c(C(=O)Nc2nc3ccc(Cl)cc3[nH]2)c(=O)n1C. The molecule has 3 aromatic rings. The van der Waals surface area contributed by atoms with Gasteiger partial charge in [-0.15, -0.1) is 0 Å². The fourth-order valence-corrected chi connectivity index (χ4v) is 2.40. The number of carbonyl (C=O) groups excluding carboxylic acids is 1. The Hall–Kier alpha value is -2.80. The summed E-state index contributed by atoms with van der Waals surface area (Å²) in [7, 11) is 1.52. The Kier molecular flexibility index (Phi) is 3.57. The number of pyridine rings is 1. The molecule has 23 heavy (non-hydrogen) atoms. The van der Waals surface area contributed by atoms with Crippen LogP contribution in [0.4, 0.5) is 5.95 Å². The molecule has 7 nitrogen and oxygen atoms in total. The molecular formula is C15H13ClN4O3. The molecule has 0 saturated carbocycles. The number of nitrogens with one attached hydrogen (secondary N) is 2. The monoisotopic (exact) mass is 332 g/mol. The number of aromatic amines is 1. The Bertz CT molecular complexity index is 990. The number of nitrogens with zero attached hydrogens (tertiary/aromatic N) is 2. The van der Waals surface area contributed by atoms with Gasteiger partial charge in [-0.05, 0) is 25.1 Å². The lowest BCUT2D eigenvalue weighted by molar-refractivity contribution is 0.102. The molecule has 0 aliphatic heterocycles. The highest BCUT2D eigenvalue weighted by Crippen LogP contribution is 2.20. The van der Waals surface area contributed by atoms with Gasteiger partial charge in [0.1, 0.15) is 11.3 Å². The zero-order valence-corrected chi connectivity index (χ0v) is 13.1. The lowest BCUT2D eigenvalue weighted by Crippen LogP contribution is -2.29. The molecule has 0 saturated heterocycles. The lowest BCUT2D eigenvalue weighted by Gasteiger charge is -2.08. The normalized spacial score (nSPS) is 10.9. The third kappa shape index (κ3) is 2.66. The van der Waals surface area contributed by atoms with Crippen LogP contribution in [-0.2, 0) is 7.05 Å². The Morgan fingerprint density at radius 1 is 1.39 bits per heavy atom. The van der Waals surface area contributed by atoms with E-state index in [-0.39, 0.29) is 17.3 Å². The van der Waals surface area contributed by atoms with Gasteiger partial charge in [0.25, 0.3) is 11.5 Å². The van der Waals surface area contributed by atoms with E-state index < -0.39 is 11.5 Å². The van der Waals surface area contributed by atoms with E-state index >= 15 is 0 Å². The molecule has 3 rings (SSSR count). The fraction of sp³-hybridized carbons (Fsp3) is 0.133. The molecule has 0 unspecified atom stereocenters. The number of anilines is 1. The third-order valence-corrected chi connectivity index (χ3v) is 3.79. The number of imidazole rings is 1. The zero-order chi connectivity index (χ0) is 16.7. The number of benzene rings is 1. The second-order valence-electron chi connectivity index (χ2n) is 5.11. The Morgan fingerprint density at radius 2 is 2.13 bits per heavy atom. The second kappa shape index (κ2) is 5.44. The summed E-state index contributed by atoms with van der Waals surface area (Å²) in [6, 6.07) is 6.40. The van der Waals surface area contributed by atoms with Gasteiger partial charge in [0.2, 0.25) is 5.95 Å². The Balaban J connectivity index is 1.98. The lowest BCUT2D eigenvalue weighted by atomic mass is 10.2. The van der Waals surface area contributed by atoms with Gasteiger partial charge < -0.3 is 14.7 Å². The summed E-state index contributed by atoms with van der Waals surface area (Å²) in [6.07, 6.45) is 0. The van der Waals surface area contributed by atoms with Crippen molar-refractivity contribution in [1.82, 2.24) is 14.5 Å². The van der Waals surface area contributed by atoms with Gasteiger partial charge in [-0.2, -0.15) is 0 Å². The smallest absolute Gasteiger partial charge is 0.267 e. The number of aromatic hydroxyl groups is 1. The Labute approximate surface area is 135 Å². The standard InChI is InChI=1S/C15H13ClN4O3/c1-7-5-11(21)12(14(23)20(7)2)13(22)19-15-17-9-4-3-8(16)6-10(9)18-15/h3-6,21H,1-2H3,(H2,17,18,19,22). The molecule has 0 aliphatic rings. The largest absolute Gasteiger partial charge is 0.507 e. The molecule has 3 N–H and O–H groups in total. The predicted octanol–water partition coefficient (Wildman–Crippen LogP) is 2.18. The number of aromatic nitrogens is 3. The minimum absolute atomic E-state index is 0.161. The van der Waals surface area contributed by atoms with Crippen molar-refractivity contribution in [2.45, 2.75) is 6.92 Å². The van der Waals surface area contributed by atoms with E-state index in [1.807, 2.05) is 0 Å². The van der Waals surface area contributed by atoms with E-state index in [2.05, 4.69) is 15.3 Å². The molecule has 0 aliphatic carbocycles. The number of amides is 1. The van der Waals surface area contributed by atoms with Crippen LogP contribution in [0.2, 0.25) is 5.02 Å². The summed E-state index contributed by atoms with van der Waals surface area (Å²) in [5.41, 5.74) is 0.887. The molecule has 1 aromatic carbocycles. The van der Waals surface area contributed by atoms with E-state index in [0.717, 1.165) is 0 Å². The summed E-state index contributed by atoms with van der Waals surface area (Å²) in [5, 5.41) is 12.9. The maximum Gasteiger partial charge on any atom is 0.267 e. The van der Waals surface area contributed by atoms with Crippen molar-refractivity contribution in [3.8, 4) is 5.75 Å². The van der Waals surface area contributed by atoms with Crippen molar-refractivity contribution in [3.05, 3.63) is 50.9 Å². The second-order valence-corrected chi connectivity index (χ2v) is 5.55. The molecule has 0 fully saturated rings. The van der Waals surface area contributed by atoms with Gasteiger partial charge in [-0.1, -0.05) is 11.6 Å². The van der Waals surface area contributed by atoms with Crippen molar-refractivity contribution in [1.29, 1.82) is 0 Å². The van der Waals surface area contributed by atoms with Crippen molar-refractivity contribution in [3.63, 3.8) is 0 Å². The van der Waals surface area contributed by atoms with E-state index in [0.29, 0.717) is 21.7 Å². The number of fused-ring (bicyclic) bond motifs is 1. The van der Waals surface area contributed by atoms with Gasteiger partial charge in [-0.25, -0.2) is 4.98 Å². The van der Waals surface area contributed by atoms with Crippen LogP contribution in [0.15, 0.2) is 29.1 Å². The minimum Gasteiger partial charge on any atom is -0.507 e. The number of hydrogen-bond donors (Lipinski definition) is 3. The average Bonchev–Trinajstić information content (AvgIpc) is 2.86. The zero-order valence-electron chi connectivity index (χ0n) is 12.3. The number of carbonyl (C=O) groups is 1. The van der Waals surface area contributed by atoms with Crippen molar-refractivity contribution in [2.75, 3.05) is 5.32 Å². The highest BCUT2D eigenvalue weighted by molar-refractivity contribution is 6.31. The van der Waals surface area contributed by atoms with Crippen LogP contribution in [-0.4, -0.2) is 25.5 Å². The van der Waals surface area contributed by atoms with Crippen LogP contribution in [0.25, 0.3) is 11.0 Å². The molecule has 8 heteroatoms. The summed E-state index contributed by atoms with van der Waals surface area (Å²) in [5.74, 6) is -0.954. The highest BCUT2D eigenvalue weighted by Gasteiger charge is 2.19. The molecule has 1 amide bonds. The summed E-state index contributed by atoms with van der Waals surface area (Å²) >= 11 is 5.89. The van der Waals surface area contributed by atoms with Gasteiger partial charge >= 0.3 is 0 Å². The van der Waals surface area contributed by atoms with E-state index in [1.165, 1.54) is 17.7 Å². The van der Waals surface area contributed by atoms with E-state index in [1.54, 1.807) is 25.1 Å². The quantitative estimate of drug-likeness (QED) is 0.669. The first-order chi connectivity index (χ1) is 10.9. The molecule has 0 atom stereocenters. The van der Waals surface area contributed by atoms with Crippen LogP contribution >= 0.6 is 11.6 Å². The molecule has 0 radical (unpaired) electrons. The maximum absolute atomic E-state index is 12.3. The van der Waals surface area contributed by atoms with E-state index in [4.69, 9.17) is 11.6 Å². The maximum atomic E-state index is 12.3. The summed E-state index contributed by atoms with van der Waals surface area (Å²) in [6.45, 7) is 1.66. The van der Waals surface area contributed by atoms with Gasteiger partial charge in [-0.3, -0.25) is 14.9 Å².